The first kappa shape index (κ1) is 21.1. The van der Waals surface area contributed by atoms with E-state index < -0.39 is 0 Å². The van der Waals surface area contributed by atoms with Crippen molar-refractivity contribution in [2.45, 2.75) is 12.5 Å². The Morgan fingerprint density at radius 2 is 2.16 bits per heavy atom. The van der Waals surface area contributed by atoms with E-state index in [0.717, 1.165) is 18.4 Å². The molecular weight excluding hydrogens is 416 g/mol. The van der Waals surface area contributed by atoms with Crippen LogP contribution in [0.2, 0.25) is 5.02 Å². The molecule has 1 aliphatic heterocycles. The maximum atomic E-state index is 12.4. The number of hydrogen-bond donors (Lipinski definition) is 2. The molecule has 0 spiro atoms. The van der Waals surface area contributed by atoms with Crippen molar-refractivity contribution in [1.29, 1.82) is 0 Å². The zero-order valence-electron chi connectivity index (χ0n) is 17.5. The van der Waals surface area contributed by atoms with Crippen LogP contribution in [0.15, 0.2) is 48.7 Å². The van der Waals surface area contributed by atoms with Crippen molar-refractivity contribution < 1.29 is 9.53 Å². The van der Waals surface area contributed by atoms with Gasteiger partial charge in [-0.15, -0.1) is 0 Å². The van der Waals surface area contributed by atoms with Crippen LogP contribution in [-0.2, 0) is 4.79 Å². The number of ether oxygens (including phenoxy) is 1. The van der Waals surface area contributed by atoms with Gasteiger partial charge in [-0.3, -0.25) is 9.89 Å². The predicted octanol–water partition coefficient (Wildman–Crippen LogP) is 3.53. The molecule has 31 heavy (non-hydrogen) atoms. The van der Waals surface area contributed by atoms with Crippen molar-refractivity contribution in [1.82, 2.24) is 25.0 Å². The zero-order valence-corrected chi connectivity index (χ0v) is 18.3. The number of likely N-dealkylation sites (tertiary alicyclic amines) is 1. The van der Waals surface area contributed by atoms with Gasteiger partial charge in [0.15, 0.2) is 11.5 Å². The molecule has 2 N–H and O–H groups in total. The minimum absolute atomic E-state index is 0.0338. The van der Waals surface area contributed by atoms with Crippen LogP contribution in [0, 0.1) is 0 Å². The van der Waals surface area contributed by atoms with E-state index in [0.29, 0.717) is 41.1 Å². The fraction of sp³-hybridized carbons (Fsp3) is 0.318. The van der Waals surface area contributed by atoms with E-state index in [4.69, 9.17) is 16.3 Å². The maximum Gasteiger partial charge on any atom is 0.246 e. The van der Waals surface area contributed by atoms with Crippen molar-refractivity contribution in [3.8, 4) is 11.5 Å². The van der Waals surface area contributed by atoms with Gasteiger partial charge < -0.3 is 19.9 Å². The number of nitrogens with one attached hydrogen (secondary N) is 2. The number of likely N-dealkylation sites (N-methyl/N-ethyl adjacent to an activating group) is 1. The van der Waals surface area contributed by atoms with Gasteiger partial charge in [0.25, 0.3) is 0 Å². The molecule has 3 aromatic rings. The Hall–Kier alpha value is -3.10. The highest BCUT2D eigenvalue weighted by molar-refractivity contribution is 6.30. The highest BCUT2D eigenvalue weighted by atomic mass is 35.5. The third kappa shape index (κ3) is 5.15. The summed E-state index contributed by atoms with van der Waals surface area (Å²) in [6.45, 7) is 2.06. The summed E-state index contributed by atoms with van der Waals surface area (Å²) in [5.41, 5.74) is 0.631. The fourth-order valence-electron chi connectivity index (χ4n) is 3.48. The molecular formula is C22H25ClN6O2. The molecule has 1 aromatic carbocycles. The molecule has 0 bridgehead atoms. The first-order chi connectivity index (χ1) is 15.0. The van der Waals surface area contributed by atoms with Crippen LogP contribution < -0.4 is 10.1 Å². The third-order valence-electron chi connectivity index (χ3n) is 5.04. The molecule has 4 rings (SSSR count). The van der Waals surface area contributed by atoms with Crippen molar-refractivity contribution in [3.63, 3.8) is 0 Å². The summed E-state index contributed by atoms with van der Waals surface area (Å²) in [5.74, 6) is 2.01. The number of aromatic amines is 1. The molecule has 1 amide bonds. The van der Waals surface area contributed by atoms with Crippen molar-refractivity contribution in [3.05, 3.63) is 53.7 Å². The molecule has 1 atom stereocenters. The molecule has 0 aliphatic carbocycles. The number of benzene rings is 1. The first-order valence-corrected chi connectivity index (χ1v) is 10.5. The Balaban J connectivity index is 1.46. The minimum atomic E-state index is 0.0338. The number of fused-ring (bicyclic) bond motifs is 1. The highest BCUT2D eigenvalue weighted by Crippen LogP contribution is 2.33. The van der Waals surface area contributed by atoms with E-state index in [-0.39, 0.29) is 11.9 Å². The number of rotatable bonds is 7. The summed E-state index contributed by atoms with van der Waals surface area (Å²) in [4.78, 5) is 20.6. The van der Waals surface area contributed by atoms with Crippen LogP contribution in [-0.4, -0.2) is 70.7 Å². The standard InChI is InChI=1S/C22H25ClN6O2/c1-28(2)12-3-4-19(30)29-13-10-16(14-29)25-22-20-18(9-11-24-21(20)26-27-22)31-17-7-5-15(23)6-8-17/h3-9,11,16H,10,12-14H2,1-2H3,(H2,24,25,26,27). The normalized spacial score (nSPS) is 16.5. The Kier molecular flexibility index (Phi) is 6.39. The summed E-state index contributed by atoms with van der Waals surface area (Å²) in [6, 6.07) is 9.08. The molecule has 1 aliphatic rings. The van der Waals surface area contributed by atoms with Gasteiger partial charge >= 0.3 is 0 Å². The van der Waals surface area contributed by atoms with Gasteiger partial charge in [0.2, 0.25) is 5.91 Å². The number of pyridine rings is 1. The Morgan fingerprint density at radius 1 is 1.35 bits per heavy atom. The van der Waals surface area contributed by atoms with Gasteiger partial charge in [0.1, 0.15) is 16.9 Å². The van der Waals surface area contributed by atoms with Crippen LogP contribution in [0.25, 0.3) is 11.0 Å². The summed E-state index contributed by atoms with van der Waals surface area (Å²) >= 11 is 5.96. The number of carbonyl (C=O) groups is 1. The largest absolute Gasteiger partial charge is 0.456 e. The molecule has 1 fully saturated rings. The zero-order chi connectivity index (χ0) is 21.8. The average molecular weight is 441 g/mol. The monoisotopic (exact) mass is 440 g/mol. The number of anilines is 1. The van der Waals surface area contributed by atoms with Crippen LogP contribution >= 0.6 is 11.6 Å². The van der Waals surface area contributed by atoms with E-state index in [9.17, 15) is 4.79 Å². The van der Waals surface area contributed by atoms with E-state index in [2.05, 4.69) is 20.5 Å². The fourth-order valence-corrected chi connectivity index (χ4v) is 3.61. The quantitative estimate of drug-likeness (QED) is 0.546. The molecule has 2 aromatic heterocycles. The summed E-state index contributed by atoms with van der Waals surface area (Å²) in [6.07, 6.45) is 6.05. The van der Waals surface area contributed by atoms with E-state index in [1.54, 1.807) is 30.5 Å². The minimum Gasteiger partial charge on any atom is -0.456 e. The highest BCUT2D eigenvalue weighted by Gasteiger charge is 2.26. The lowest BCUT2D eigenvalue weighted by Gasteiger charge is -2.16. The van der Waals surface area contributed by atoms with Gasteiger partial charge in [0, 0.05) is 49.0 Å². The predicted molar refractivity (Wildman–Crippen MR) is 122 cm³/mol. The smallest absolute Gasteiger partial charge is 0.246 e. The molecule has 1 saturated heterocycles. The van der Waals surface area contributed by atoms with Crippen molar-refractivity contribution in [2.24, 2.45) is 0 Å². The molecule has 0 radical (unpaired) electrons. The van der Waals surface area contributed by atoms with E-state index in [1.165, 1.54) is 0 Å². The summed E-state index contributed by atoms with van der Waals surface area (Å²) in [5, 5.41) is 12.2. The van der Waals surface area contributed by atoms with Gasteiger partial charge in [-0.1, -0.05) is 17.7 Å². The number of nitrogens with zero attached hydrogens (tertiary/aromatic N) is 4. The van der Waals surface area contributed by atoms with Crippen molar-refractivity contribution in [2.75, 3.05) is 39.0 Å². The maximum absolute atomic E-state index is 12.4. The lowest BCUT2D eigenvalue weighted by Crippen LogP contribution is -2.30. The number of hydrogen-bond acceptors (Lipinski definition) is 6. The molecule has 0 saturated carbocycles. The lowest BCUT2D eigenvalue weighted by molar-refractivity contribution is -0.125. The Bertz CT molecular complexity index is 1080. The Labute approximate surface area is 185 Å². The van der Waals surface area contributed by atoms with Gasteiger partial charge in [-0.25, -0.2) is 4.98 Å². The molecule has 3 heterocycles. The first-order valence-electron chi connectivity index (χ1n) is 10.1. The lowest BCUT2D eigenvalue weighted by atomic mass is 10.2. The second-order valence-electron chi connectivity index (χ2n) is 7.74. The van der Waals surface area contributed by atoms with Gasteiger partial charge in [0.05, 0.1) is 0 Å². The molecule has 9 heteroatoms. The van der Waals surface area contributed by atoms with Crippen LogP contribution in [0.1, 0.15) is 6.42 Å². The number of carbonyl (C=O) groups excluding carboxylic acids is 1. The van der Waals surface area contributed by atoms with E-state index in [1.807, 2.05) is 42.1 Å². The second-order valence-corrected chi connectivity index (χ2v) is 8.18. The molecule has 8 nitrogen and oxygen atoms in total. The molecule has 162 valence electrons. The van der Waals surface area contributed by atoms with Crippen LogP contribution in [0.3, 0.4) is 0 Å². The Morgan fingerprint density at radius 3 is 2.94 bits per heavy atom. The van der Waals surface area contributed by atoms with Crippen LogP contribution in [0.4, 0.5) is 5.82 Å². The van der Waals surface area contributed by atoms with Crippen molar-refractivity contribution >= 4 is 34.4 Å². The average Bonchev–Trinajstić information content (AvgIpc) is 3.38. The number of halogens is 1. The summed E-state index contributed by atoms with van der Waals surface area (Å²) in [7, 11) is 3.94. The second kappa shape index (κ2) is 9.36. The number of aromatic nitrogens is 3. The van der Waals surface area contributed by atoms with Gasteiger partial charge in [-0.2, -0.15) is 5.10 Å². The SMILES string of the molecule is CN(C)CC=CC(=O)N1CCC(Nc2n[nH]c3nccc(Oc4ccc(Cl)cc4)c23)C1. The topological polar surface area (TPSA) is 86.4 Å². The van der Waals surface area contributed by atoms with Crippen LogP contribution in [0.5, 0.6) is 11.5 Å². The number of amides is 1. The molecule has 1 unspecified atom stereocenters. The summed E-state index contributed by atoms with van der Waals surface area (Å²) < 4.78 is 6.06. The van der Waals surface area contributed by atoms with E-state index >= 15 is 0 Å². The third-order valence-corrected chi connectivity index (χ3v) is 5.29. The number of H-pyrrole nitrogens is 1. The van der Waals surface area contributed by atoms with Gasteiger partial charge in [-0.05, 0) is 44.8 Å².